The maximum Gasteiger partial charge on any atom is 0.335 e. The van der Waals surface area contributed by atoms with Crippen LogP contribution in [0.1, 0.15) is 119 Å². The SMILES string of the molecule is CC1(C)CC[C@]2(C)CC[C@]3(C)C(=CC(=O)[C@@H]4[C@@]5(C)CC[C@H](O[C@@H]6O[C@H](C(=O)O)[C@@H](O)[C@H](O)[C@H]6O[C@@H]6O[C@H](C(=O)O)[C@@H](O)[C@H](O)[C@H]6O)C(C)(C)[C@@H]5CC[C@]43C)[C@@H]2C1.COc1ccc2cc3[n+](cc2c1OC)CCc1cc2c(cc1-3)OCO2. The van der Waals surface area contributed by atoms with Crippen LogP contribution in [0.25, 0.3) is 22.0 Å². The van der Waals surface area contributed by atoms with Gasteiger partial charge >= 0.3 is 11.9 Å². The number of carboxylic acids is 2. The quantitative estimate of drug-likeness (QED) is 0.0966. The second-order valence-corrected chi connectivity index (χ2v) is 27.2. The van der Waals surface area contributed by atoms with Crippen molar-refractivity contribution in [3.05, 3.63) is 53.7 Å². The highest BCUT2D eigenvalue weighted by molar-refractivity contribution is 5.96. The van der Waals surface area contributed by atoms with Crippen LogP contribution >= 0.6 is 0 Å². The number of methoxy groups -OCH3 is 2. The van der Waals surface area contributed by atoms with Crippen LogP contribution in [0.15, 0.2) is 48.2 Å². The maximum atomic E-state index is 14.8. The summed E-state index contributed by atoms with van der Waals surface area (Å²) in [5, 5.41) is 74.9. The fourth-order valence-electron chi connectivity index (χ4n) is 17.1. The number of nitrogens with zero attached hydrogens (tertiary/aromatic N) is 1. The molecule has 4 saturated carbocycles. The van der Waals surface area contributed by atoms with Crippen molar-refractivity contribution in [3.8, 4) is 34.3 Å². The Balaban J connectivity index is 0.000000227. The van der Waals surface area contributed by atoms with Crippen LogP contribution in [0.2, 0.25) is 0 Å². The first-order valence-electron chi connectivity index (χ1n) is 28.9. The molecule has 442 valence electrons. The fraction of sp³-hybridized carbons (Fsp3) is 0.677. The number of aromatic nitrogens is 1. The number of fused-ring (bicyclic) bond motifs is 12. The van der Waals surface area contributed by atoms with Gasteiger partial charge in [-0.1, -0.05) is 61.0 Å². The number of pyridine rings is 1. The molecule has 0 spiro atoms. The summed E-state index contributed by atoms with van der Waals surface area (Å²) in [6.45, 7) is 19.5. The van der Waals surface area contributed by atoms with Gasteiger partial charge in [0.05, 0.1) is 31.3 Å². The summed E-state index contributed by atoms with van der Waals surface area (Å²) < 4.78 is 47.8. The molecule has 19 heteroatoms. The van der Waals surface area contributed by atoms with E-state index in [2.05, 4.69) is 96.5 Å². The van der Waals surface area contributed by atoms with Crippen molar-refractivity contribution in [2.75, 3.05) is 21.0 Å². The van der Waals surface area contributed by atoms with Gasteiger partial charge in [-0.3, -0.25) is 4.79 Å². The predicted octanol–water partition coefficient (Wildman–Crippen LogP) is 6.28. The molecule has 0 unspecified atom stereocenters. The minimum Gasteiger partial charge on any atom is -0.493 e. The third kappa shape index (κ3) is 9.16. The summed E-state index contributed by atoms with van der Waals surface area (Å²) in [5.41, 5.74) is 4.02. The van der Waals surface area contributed by atoms with Crippen LogP contribution in [0, 0.1) is 50.2 Å². The molecule has 19 nitrogen and oxygen atoms in total. The predicted molar refractivity (Wildman–Crippen MR) is 290 cm³/mol. The van der Waals surface area contributed by atoms with E-state index in [-0.39, 0.29) is 39.3 Å². The first-order chi connectivity index (χ1) is 38.1. The Morgan fingerprint density at radius 2 is 1.38 bits per heavy atom. The number of hydrogen-bond acceptors (Lipinski definition) is 16. The Kier molecular flexibility index (Phi) is 14.6. The van der Waals surface area contributed by atoms with Gasteiger partial charge in [-0.15, -0.1) is 0 Å². The number of ketones is 1. The van der Waals surface area contributed by atoms with Crippen LogP contribution in [0.5, 0.6) is 23.0 Å². The van der Waals surface area contributed by atoms with Crippen molar-refractivity contribution in [3.63, 3.8) is 0 Å². The average molecular weight is 1130 g/mol. The van der Waals surface area contributed by atoms with E-state index in [1.165, 1.54) is 35.2 Å². The smallest absolute Gasteiger partial charge is 0.335 e. The molecule has 0 radical (unpaired) electrons. The normalized spacial score (nSPS) is 40.6. The van der Waals surface area contributed by atoms with E-state index in [0.717, 1.165) is 78.8 Å². The molecule has 0 bridgehead atoms. The number of aliphatic hydroxyl groups is 5. The van der Waals surface area contributed by atoms with Gasteiger partial charge in [0.1, 0.15) is 36.6 Å². The van der Waals surface area contributed by atoms with Crippen molar-refractivity contribution in [1.82, 2.24) is 0 Å². The van der Waals surface area contributed by atoms with Crippen LogP contribution in [-0.4, -0.2) is 142 Å². The van der Waals surface area contributed by atoms with Crippen LogP contribution in [-0.2, 0) is 46.3 Å². The molecule has 3 aromatic rings. The lowest BCUT2D eigenvalue weighted by Gasteiger charge is -2.70. The summed E-state index contributed by atoms with van der Waals surface area (Å²) >= 11 is 0. The third-order valence-electron chi connectivity index (χ3n) is 21.9. The average Bonchev–Trinajstić information content (AvgIpc) is 1.21. The van der Waals surface area contributed by atoms with Crippen LogP contribution < -0.4 is 23.5 Å². The molecule has 9 aliphatic rings. The first-order valence-corrected chi connectivity index (χ1v) is 28.9. The number of aliphatic carboxylic acids is 2. The van der Waals surface area contributed by atoms with E-state index in [1.54, 1.807) is 14.2 Å². The summed E-state index contributed by atoms with van der Waals surface area (Å²) in [5.74, 6) is 0.300. The lowest BCUT2D eigenvalue weighted by atomic mass is 9.33. The van der Waals surface area contributed by atoms with Gasteiger partial charge in [0.2, 0.25) is 12.5 Å². The van der Waals surface area contributed by atoms with Gasteiger partial charge in [0, 0.05) is 18.4 Å². The van der Waals surface area contributed by atoms with Crippen LogP contribution in [0.4, 0.5) is 0 Å². The monoisotopic (exact) mass is 1130 g/mol. The van der Waals surface area contributed by atoms with Gasteiger partial charge in [0.25, 0.3) is 0 Å². The van der Waals surface area contributed by atoms with Crippen molar-refractivity contribution in [2.45, 2.75) is 194 Å². The summed E-state index contributed by atoms with van der Waals surface area (Å²) in [7, 11) is 3.34. The van der Waals surface area contributed by atoms with Gasteiger partial charge in [-0.2, -0.15) is 4.57 Å². The summed E-state index contributed by atoms with van der Waals surface area (Å²) in [4.78, 5) is 38.8. The van der Waals surface area contributed by atoms with Gasteiger partial charge in [-0.25, -0.2) is 9.59 Å². The van der Waals surface area contributed by atoms with Gasteiger partial charge < -0.3 is 73.6 Å². The zero-order chi connectivity index (χ0) is 58.3. The van der Waals surface area contributed by atoms with Crippen molar-refractivity contribution < 1.29 is 92.6 Å². The topological polar surface area (TPSA) is 271 Å². The number of aliphatic hydroxyl groups excluding tert-OH is 5. The number of carbonyl (C=O) groups excluding carboxylic acids is 1. The number of aryl methyl sites for hydroxylation is 2. The second kappa shape index (κ2) is 20.4. The first kappa shape index (κ1) is 57.8. The highest BCUT2D eigenvalue weighted by Crippen LogP contribution is 2.75. The Hall–Kier alpha value is -4.96. The largest absolute Gasteiger partial charge is 0.493 e. The van der Waals surface area contributed by atoms with E-state index in [4.69, 9.17) is 37.9 Å². The second-order valence-electron chi connectivity index (χ2n) is 27.2. The number of carboxylic acid groups (broad SMARTS) is 2. The van der Waals surface area contributed by atoms with Gasteiger partial charge in [0.15, 0.2) is 66.3 Å². The number of ether oxygens (including phenoxy) is 8. The highest BCUT2D eigenvalue weighted by atomic mass is 16.8. The molecule has 6 fully saturated rings. The maximum absolute atomic E-state index is 14.8. The standard InChI is InChI=1S/C42H64O14.C20H18NO4/c1-37(2)13-14-39(5)15-16-41(7)19(20(39)18-37)17-21(43)32-40(6)11-10-23(38(3,4)22(40)9-12-42(32,41)8)53-36-31(27(47)26(46)30(55-36)34(51)52)56-35-28(48)24(44)25(45)29(54-35)33(49)50;1-22-17-4-3-12-7-16-14-9-19-18(24-11-25-19)8-13(14)5-6-21(16)10-15(12)20(17)23-2/h17,20,22-32,35-36,44-48H,9-16,18H2,1-8H3,(H,49,50)(H,51,52);3-4,7-10H,5-6,11H2,1-2H3/q;+1/t20-,22-,23-,24-,25-,26-,27-,28+,29-,30-,31+,32+,35-,36+,39+,40-,41+,42+;/m0./s1. The van der Waals surface area contributed by atoms with E-state index in [0.29, 0.717) is 25.6 Å². The molecule has 12 rings (SSSR count). The molecular weight excluding hydrogens is 1050 g/mol. The molecule has 7 N–H and O–H groups in total. The Morgan fingerprint density at radius 1 is 0.716 bits per heavy atom. The Labute approximate surface area is 472 Å². The molecule has 81 heavy (non-hydrogen) atoms. The molecule has 1 aromatic heterocycles. The van der Waals surface area contributed by atoms with Gasteiger partial charge in [-0.05, 0) is 143 Å². The van der Waals surface area contributed by atoms with Crippen LogP contribution in [0.3, 0.4) is 0 Å². The van der Waals surface area contributed by atoms with Crippen molar-refractivity contribution >= 4 is 28.5 Å². The van der Waals surface area contributed by atoms with E-state index < -0.39 is 90.3 Å². The molecule has 4 aliphatic heterocycles. The minimum atomic E-state index is -2.02. The molecule has 2 aromatic carbocycles. The number of benzene rings is 2. The fourth-order valence-corrected chi connectivity index (χ4v) is 17.1. The molecule has 5 heterocycles. The Bertz CT molecular complexity index is 3030. The van der Waals surface area contributed by atoms with E-state index >= 15 is 0 Å². The highest BCUT2D eigenvalue weighted by Gasteiger charge is 2.70. The molecule has 0 amide bonds. The third-order valence-corrected chi connectivity index (χ3v) is 21.9. The van der Waals surface area contributed by atoms with Crippen molar-refractivity contribution in [2.24, 2.45) is 50.2 Å². The number of hydrogen-bond donors (Lipinski definition) is 7. The lowest BCUT2D eigenvalue weighted by molar-refractivity contribution is -0.686. The van der Waals surface area contributed by atoms with Crippen molar-refractivity contribution in [1.29, 1.82) is 0 Å². The molecular formula is C62H82NO18+. The summed E-state index contributed by atoms with van der Waals surface area (Å²) in [6, 6.07) is 10.4. The molecule has 2 saturated heterocycles. The lowest BCUT2D eigenvalue weighted by Crippen LogP contribution is -2.68. The minimum absolute atomic E-state index is 0.0120. The van der Waals surface area contributed by atoms with E-state index in [9.17, 15) is 50.1 Å². The Morgan fingerprint density at radius 3 is 2.06 bits per heavy atom. The number of rotatable bonds is 8. The summed E-state index contributed by atoms with van der Waals surface area (Å²) in [6.07, 6.45) is -6.33. The number of carbonyl (C=O) groups is 3. The zero-order valence-electron chi connectivity index (χ0n) is 48.2. The van der Waals surface area contributed by atoms with E-state index in [1.807, 2.05) is 6.07 Å². The zero-order valence-corrected chi connectivity index (χ0v) is 48.2. The number of allylic oxidation sites excluding steroid dienone is 2. The molecule has 18 atom stereocenters. The molecule has 5 aliphatic carbocycles.